The lowest BCUT2D eigenvalue weighted by molar-refractivity contribution is 0.636. The summed E-state index contributed by atoms with van der Waals surface area (Å²) in [5.41, 5.74) is 1.26. The van der Waals surface area contributed by atoms with Gasteiger partial charge in [0.25, 0.3) is 0 Å². The summed E-state index contributed by atoms with van der Waals surface area (Å²) in [5.74, 6) is 0.757. The number of nitrogens with zero attached hydrogens (tertiary/aromatic N) is 5. The molecule has 0 saturated carbocycles. The molecular formula is C15H13ClN6. The highest BCUT2D eigenvalue weighted by molar-refractivity contribution is 6.32. The Bertz CT molecular complexity index is 800. The van der Waals surface area contributed by atoms with Crippen LogP contribution in [0.25, 0.3) is 5.69 Å². The molecule has 0 atom stereocenters. The minimum absolute atomic E-state index is 0.491. The number of benzene rings is 1. The molecule has 2 aromatic heterocycles. The molecule has 0 amide bonds. The molecule has 0 aliphatic carbocycles. The van der Waals surface area contributed by atoms with Crippen molar-refractivity contribution in [3.8, 4) is 11.8 Å². The van der Waals surface area contributed by atoms with Gasteiger partial charge in [0.2, 0.25) is 0 Å². The average molecular weight is 313 g/mol. The van der Waals surface area contributed by atoms with Crippen LogP contribution in [-0.4, -0.2) is 26.1 Å². The molecule has 22 heavy (non-hydrogen) atoms. The van der Waals surface area contributed by atoms with E-state index in [0.717, 1.165) is 24.6 Å². The number of nitrogens with one attached hydrogen (secondary N) is 1. The van der Waals surface area contributed by atoms with Crippen LogP contribution < -0.4 is 5.32 Å². The van der Waals surface area contributed by atoms with Crippen molar-refractivity contribution in [3.05, 3.63) is 59.5 Å². The van der Waals surface area contributed by atoms with Crippen molar-refractivity contribution in [2.45, 2.75) is 6.54 Å². The molecule has 0 unspecified atom stereocenters. The lowest BCUT2D eigenvalue weighted by atomic mass is 10.2. The van der Waals surface area contributed by atoms with Crippen molar-refractivity contribution in [1.82, 2.24) is 19.6 Å². The third-order valence-electron chi connectivity index (χ3n) is 3.12. The maximum Gasteiger partial charge on any atom is 0.148 e. The highest BCUT2D eigenvalue weighted by Gasteiger charge is 2.06. The summed E-state index contributed by atoms with van der Waals surface area (Å²) in [6.45, 7) is 1.48. The molecule has 3 aromatic rings. The third-order valence-corrected chi connectivity index (χ3v) is 3.42. The minimum Gasteiger partial charge on any atom is -0.367 e. The number of aromatic nitrogens is 4. The fourth-order valence-electron chi connectivity index (χ4n) is 2.05. The second-order valence-corrected chi connectivity index (χ2v) is 5.03. The van der Waals surface area contributed by atoms with E-state index in [4.69, 9.17) is 16.9 Å². The van der Waals surface area contributed by atoms with Crippen LogP contribution in [0, 0.1) is 11.3 Å². The SMILES string of the molecule is N#Cc1ccc(-n2ccc(NCCn3cccn3)n2)c(Cl)c1. The van der Waals surface area contributed by atoms with E-state index in [2.05, 4.69) is 21.6 Å². The summed E-state index contributed by atoms with van der Waals surface area (Å²) in [6.07, 6.45) is 5.49. The second-order valence-electron chi connectivity index (χ2n) is 4.62. The van der Waals surface area contributed by atoms with E-state index >= 15 is 0 Å². The lowest BCUT2D eigenvalue weighted by Crippen LogP contribution is -2.11. The molecule has 6 nitrogen and oxygen atoms in total. The van der Waals surface area contributed by atoms with Gasteiger partial charge in [-0.1, -0.05) is 11.6 Å². The molecule has 0 aliphatic heterocycles. The Balaban J connectivity index is 1.67. The van der Waals surface area contributed by atoms with Crippen molar-refractivity contribution < 1.29 is 0 Å². The standard InChI is InChI=1S/C15H13ClN6/c16-13-10-12(11-17)2-3-14(13)22-8-4-15(20-22)18-6-9-21-7-1-5-19-21/h1-5,7-8,10H,6,9H2,(H,18,20). The lowest BCUT2D eigenvalue weighted by Gasteiger charge is -2.05. The number of hydrogen-bond donors (Lipinski definition) is 1. The Morgan fingerprint density at radius 2 is 2.18 bits per heavy atom. The van der Waals surface area contributed by atoms with E-state index in [1.165, 1.54) is 0 Å². The fraction of sp³-hybridized carbons (Fsp3) is 0.133. The van der Waals surface area contributed by atoms with E-state index in [9.17, 15) is 0 Å². The number of rotatable bonds is 5. The van der Waals surface area contributed by atoms with Gasteiger partial charge in [0.05, 0.1) is 28.9 Å². The third kappa shape index (κ3) is 3.10. The average Bonchev–Trinajstić information content (AvgIpc) is 3.19. The molecule has 1 aromatic carbocycles. The zero-order valence-electron chi connectivity index (χ0n) is 11.6. The van der Waals surface area contributed by atoms with Crippen LogP contribution in [-0.2, 0) is 6.54 Å². The van der Waals surface area contributed by atoms with Crippen LogP contribution in [0.4, 0.5) is 5.82 Å². The van der Waals surface area contributed by atoms with Crippen LogP contribution in [0.15, 0.2) is 48.9 Å². The van der Waals surface area contributed by atoms with Crippen LogP contribution in [0.3, 0.4) is 0 Å². The largest absolute Gasteiger partial charge is 0.367 e. The van der Waals surface area contributed by atoms with E-state index in [0.29, 0.717) is 10.6 Å². The number of hydrogen-bond acceptors (Lipinski definition) is 4. The molecule has 0 bridgehead atoms. The van der Waals surface area contributed by atoms with Crippen molar-refractivity contribution >= 4 is 17.4 Å². The molecule has 2 heterocycles. The van der Waals surface area contributed by atoms with Crippen molar-refractivity contribution in [3.63, 3.8) is 0 Å². The summed E-state index contributed by atoms with van der Waals surface area (Å²) in [4.78, 5) is 0. The van der Waals surface area contributed by atoms with Gasteiger partial charge in [0.1, 0.15) is 5.82 Å². The number of halogens is 1. The first-order chi connectivity index (χ1) is 10.8. The highest BCUT2D eigenvalue weighted by atomic mass is 35.5. The molecule has 0 fully saturated rings. The van der Waals surface area contributed by atoms with Gasteiger partial charge >= 0.3 is 0 Å². The van der Waals surface area contributed by atoms with Crippen LogP contribution in [0.1, 0.15) is 5.56 Å². The second kappa shape index (κ2) is 6.33. The fourth-order valence-corrected chi connectivity index (χ4v) is 2.31. The van der Waals surface area contributed by atoms with E-state index in [-0.39, 0.29) is 0 Å². The van der Waals surface area contributed by atoms with Gasteiger partial charge < -0.3 is 5.32 Å². The molecule has 0 aliphatic rings. The molecule has 7 heteroatoms. The summed E-state index contributed by atoms with van der Waals surface area (Å²) < 4.78 is 3.53. The summed E-state index contributed by atoms with van der Waals surface area (Å²) in [7, 11) is 0. The minimum atomic E-state index is 0.491. The topological polar surface area (TPSA) is 71.5 Å². The molecular weight excluding hydrogens is 300 g/mol. The Morgan fingerprint density at radius 3 is 2.91 bits per heavy atom. The molecule has 0 saturated heterocycles. The summed E-state index contributed by atoms with van der Waals surface area (Å²) in [5, 5.41) is 21.1. The van der Waals surface area contributed by atoms with Gasteiger partial charge in [-0.15, -0.1) is 0 Å². The van der Waals surface area contributed by atoms with E-state index in [1.807, 2.05) is 29.2 Å². The van der Waals surface area contributed by atoms with Gasteiger partial charge in [-0.25, -0.2) is 4.68 Å². The molecule has 110 valence electrons. The molecule has 0 radical (unpaired) electrons. The van der Waals surface area contributed by atoms with Crippen LogP contribution >= 0.6 is 11.6 Å². The van der Waals surface area contributed by atoms with Gasteiger partial charge in [-0.2, -0.15) is 15.5 Å². The predicted octanol–water partition coefficient (Wildman–Crippen LogP) is 2.71. The van der Waals surface area contributed by atoms with Crippen LogP contribution in [0.5, 0.6) is 0 Å². The number of anilines is 1. The highest BCUT2D eigenvalue weighted by Crippen LogP contribution is 2.22. The van der Waals surface area contributed by atoms with E-state index in [1.54, 1.807) is 29.1 Å². The van der Waals surface area contributed by atoms with Gasteiger partial charge in [0, 0.05) is 31.2 Å². The Morgan fingerprint density at radius 1 is 1.27 bits per heavy atom. The maximum absolute atomic E-state index is 8.85. The van der Waals surface area contributed by atoms with E-state index < -0.39 is 0 Å². The Labute approximate surface area is 132 Å². The Hall–Kier alpha value is -2.78. The molecule has 3 rings (SSSR count). The van der Waals surface area contributed by atoms with Crippen molar-refractivity contribution in [2.24, 2.45) is 0 Å². The van der Waals surface area contributed by atoms with Crippen LogP contribution in [0.2, 0.25) is 5.02 Å². The summed E-state index contributed by atoms with van der Waals surface area (Å²) >= 11 is 6.18. The normalized spacial score (nSPS) is 10.4. The first kappa shape index (κ1) is 14.2. The van der Waals surface area contributed by atoms with Crippen molar-refractivity contribution in [1.29, 1.82) is 5.26 Å². The first-order valence-electron chi connectivity index (χ1n) is 6.73. The quantitative estimate of drug-likeness (QED) is 0.786. The summed E-state index contributed by atoms with van der Waals surface area (Å²) in [6, 6.07) is 10.9. The van der Waals surface area contributed by atoms with Gasteiger partial charge in [0.15, 0.2) is 0 Å². The van der Waals surface area contributed by atoms with Gasteiger partial charge in [-0.3, -0.25) is 4.68 Å². The van der Waals surface area contributed by atoms with Gasteiger partial charge in [-0.05, 0) is 24.3 Å². The maximum atomic E-state index is 8.85. The zero-order valence-corrected chi connectivity index (χ0v) is 12.4. The monoisotopic (exact) mass is 312 g/mol. The first-order valence-corrected chi connectivity index (χ1v) is 7.11. The molecule has 1 N–H and O–H groups in total. The Kier molecular flexibility index (Phi) is 4.08. The smallest absolute Gasteiger partial charge is 0.148 e. The molecule has 0 spiro atoms. The van der Waals surface area contributed by atoms with Crippen molar-refractivity contribution in [2.75, 3.05) is 11.9 Å². The zero-order chi connectivity index (χ0) is 15.4. The number of nitriles is 1. The predicted molar refractivity (Wildman–Crippen MR) is 84.0 cm³/mol.